The van der Waals surface area contributed by atoms with E-state index in [0.29, 0.717) is 31.0 Å². The summed E-state index contributed by atoms with van der Waals surface area (Å²) in [7, 11) is 1.54. The number of hydrogen-bond acceptors (Lipinski definition) is 5. The van der Waals surface area contributed by atoms with Crippen molar-refractivity contribution >= 4 is 5.97 Å². The van der Waals surface area contributed by atoms with E-state index in [-0.39, 0.29) is 12.5 Å². The summed E-state index contributed by atoms with van der Waals surface area (Å²) in [6, 6.07) is 7.62. The smallest absolute Gasteiger partial charge is 0.306 e. The zero-order valence-electron chi connectivity index (χ0n) is 11.9. The topological polar surface area (TPSA) is 82.8 Å². The lowest BCUT2D eigenvalue weighted by Gasteiger charge is -2.32. The Morgan fingerprint density at radius 1 is 1.62 bits per heavy atom. The molecule has 0 spiro atoms. The monoisotopic (exact) mass is 290 g/mol. The number of benzene rings is 1. The lowest BCUT2D eigenvalue weighted by molar-refractivity contribution is -0.142. The van der Waals surface area contributed by atoms with Crippen LogP contribution in [0.15, 0.2) is 18.2 Å². The van der Waals surface area contributed by atoms with Crippen molar-refractivity contribution in [3.63, 3.8) is 0 Å². The molecule has 1 aromatic rings. The van der Waals surface area contributed by atoms with Crippen molar-refractivity contribution in [1.82, 2.24) is 4.90 Å². The third kappa shape index (κ3) is 4.18. The Kier molecular flexibility index (Phi) is 5.14. The summed E-state index contributed by atoms with van der Waals surface area (Å²) in [5.74, 6) is -0.287. The lowest BCUT2D eigenvalue weighted by atomic mass is 10.1. The van der Waals surface area contributed by atoms with Crippen LogP contribution < -0.4 is 4.74 Å². The number of hydrogen-bond donors (Lipinski definition) is 1. The number of aliphatic carboxylic acids is 1. The molecule has 0 radical (unpaired) electrons. The van der Waals surface area contributed by atoms with Crippen LogP contribution in [0.4, 0.5) is 0 Å². The number of carbonyl (C=O) groups is 1. The van der Waals surface area contributed by atoms with Crippen molar-refractivity contribution in [3.8, 4) is 11.8 Å². The third-order valence-corrected chi connectivity index (χ3v) is 3.42. The molecule has 1 atom stereocenters. The lowest BCUT2D eigenvalue weighted by Crippen LogP contribution is -2.42. The minimum absolute atomic E-state index is 0.0164. The van der Waals surface area contributed by atoms with E-state index in [2.05, 4.69) is 11.0 Å². The second-order valence-electron chi connectivity index (χ2n) is 4.97. The number of carboxylic acids is 1. The highest BCUT2D eigenvalue weighted by Crippen LogP contribution is 2.20. The number of nitriles is 1. The number of carboxylic acid groups (broad SMARTS) is 1. The fourth-order valence-electron chi connectivity index (χ4n) is 2.44. The van der Waals surface area contributed by atoms with Crippen molar-refractivity contribution in [2.75, 3.05) is 26.8 Å². The third-order valence-electron chi connectivity index (χ3n) is 3.42. The van der Waals surface area contributed by atoms with Crippen molar-refractivity contribution in [2.45, 2.75) is 19.1 Å². The summed E-state index contributed by atoms with van der Waals surface area (Å²) in [6.45, 7) is 2.53. The van der Waals surface area contributed by atoms with Gasteiger partial charge in [0.1, 0.15) is 11.8 Å². The van der Waals surface area contributed by atoms with Gasteiger partial charge in [-0.25, -0.2) is 0 Å². The van der Waals surface area contributed by atoms with Crippen LogP contribution in [0.2, 0.25) is 0 Å². The van der Waals surface area contributed by atoms with Gasteiger partial charge < -0.3 is 14.6 Å². The van der Waals surface area contributed by atoms with Gasteiger partial charge in [-0.05, 0) is 17.7 Å². The van der Waals surface area contributed by atoms with Crippen LogP contribution in [0, 0.1) is 11.3 Å². The van der Waals surface area contributed by atoms with Crippen LogP contribution in [0.5, 0.6) is 5.75 Å². The number of ether oxygens (including phenoxy) is 2. The van der Waals surface area contributed by atoms with E-state index in [0.717, 1.165) is 12.1 Å². The average Bonchev–Trinajstić information content (AvgIpc) is 2.46. The van der Waals surface area contributed by atoms with Crippen LogP contribution >= 0.6 is 0 Å². The molecule has 1 fully saturated rings. The molecule has 6 heteroatoms. The molecule has 2 rings (SSSR count). The molecule has 1 aromatic carbocycles. The first kappa shape index (κ1) is 15.3. The minimum atomic E-state index is -0.849. The Balaban J connectivity index is 2.01. The second-order valence-corrected chi connectivity index (χ2v) is 4.97. The average molecular weight is 290 g/mol. The molecule has 0 bridgehead atoms. The molecule has 1 heterocycles. The highest BCUT2D eigenvalue weighted by molar-refractivity contribution is 5.67. The van der Waals surface area contributed by atoms with Crippen molar-refractivity contribution in [2.24, 2.45) is 0 Å². The summed E-state index contributed by atoms with van der Waals surface area (Å²) in [4.78, 5) is 12.9. The van der Waals surface area contributed by atoms with Crippen LogP contribution in [0.25, 0.3) is 0 Å². The highest BCUT2D eigenvalue weighted by Gasteiger charge is 2.22. The Morgan fingerprint density at radius 2 is 2.43 bits per heavy atom. The Morgan fingerprint density at radius 3 is 3.10 bits per heavy atom. The Hall–Kier alpha value is -2.10. The minimum Gasteiger partial charge on any atom is -0.495 e. The standard InChI is InChI=1S/C15H18N2O4/c1-20-14-3-2-11(6-12(14)8-16)9-17-4-5-21-13(10-17)7-15(18)19/h2-3,6,13H,4-5,7,9-10H2,1H3,(H,18,19). The molecule has 0 saturated carbocycles. The van der Waals surface area contributed by atoms with E-state index in [4.69, 9.17) is 19.8 Å². The quantitative estimate of drug-likeness (QED) is 0.878. The van der Waals surface area contributed by atoms with Gasteiger partial charge in [0.15, 0.2) is 0 Å². The summed E-state index contributed by atoms with van der Waals surface area (Å²) < 4.78 is 10.6. The molecule has 1 aliphatic rings. The Bertz CT molecular complexity index is 553. The normalized spacial score (nSPS) is 19.0. The van der Waals surface area contributed by atoms with Gasteiger partial charge in [0.2, 0.25) is 0 Å². The van der Waals surface area contributed by atoms with E-state index in [1.54, 1.807) is 12.1 Å². The fourth-order valence-corrected chi connectivity index (χ4v) is 2.44. The molecule has 0 aromatic heterocycles. The van der Waals surface area contributed by atoms with Gasteiger partial charge in [-0.2, -0.15) is 5.26 Å². The number of rotatable bonds is 5. The summed E-state index contributed by atoms with van der Waals surface area (Å²) in [6.07, 6.45) is -0.257. The van der Waals surface area contributed by atoms with Crippen molar-refractivity contribution in [3.05, 3.63) is 29.3 Å². The molecule has 1 saturated heterocycles. The predicted octanol–water partition coefficient (Wildman–Crippen LogP) is 1.24. The van der Waals surface area contributed by atoms with E-state index < -0.39 is 5.97 Å². The number of morpholine rings is 1. The summed E-state index contributed by atoms with van der Waals surface area (Å²) in [5, 5.41) is 17.9. The molecule has 1 unspecified atom stereocenters. The molecular weight excluding hydrogens is 272 g/mol. The maximum atomic E-state index is 10.7. The summed E-state index contributed by atoms with van der Waals surface area (Å²) in [5.41, 5.74) is 1.51. The van der Waals surface area contributed by atoms with Crippen molar-refractivity contribution in [1.29, 1.82) is 5.26 Å². The second kappa shape index (κ2) is 7.07. The highest BCUT2D eigenvalue weighted by atomic mass is 16.5. The van der Waals surface area contributed by atoms with Crippen LogP contribution in [0.3, 0.4) is 0 Å². The first-order chi connectivity index (χ1) is 10.1. The maximum Gasteiger partial charge on any atom is 0.306 e. The van der Waals surface area contributed by atoms with Crippen LogP contribution in [-0.4, -0.2) is 48.9 Å². The van der Waals surface area contributed by atoms with Gasteiger partial charge in [0.25, 0.3) is 0 Å². The molecule has 1 N–H and O–H groups in total. The first-order valence-electron chi connectivity index (χ1n) is 6.75. The van der Waals surface area contributed by atoms with Gasteiger partial charge in [-0.15, -0.1) is 0 Å². The van der Waals surface area contributed by atoms with Crippen LogP contribution in [-0.2, 0) is 16.1 Å². The van der Waals surface area contributed by atoms with E-state index in [1.165, 1.54) is 7.11 Å². The predicted molar refractivity (Wildman–Crippen MR) is 75.0 cm³/mol. The molecule has 112 valence electrons. The molecule has 0 amide bonds. The van der Waals surface area contributed by atoms with E-state index in [1.807, 2.05) is 6.07 Å². The molecule has 1 aliphatic heterocycles. The molecule has 21 heavy (non-hydrogen) atoms. The maximum absolute atomic E-state index is 10.7. The zero-order chi connectivity index (χ0) is 15.2. The van der Waals surface area contributed by atoms with Gasteiger partial charge in [-0.3, -0.25) is 9.69 Å². The number of methoxy groups -OCH3 is 1. The van der Waals surface area contributed by atoms with Crippen molar-refractivity contribution < 1.29 is 19.4 Å². The van der Waals surface area contributed by atoms with Gasteiger partial charge in [-0.1, -0.05) is 6.07 Å². The van der Waals surface area contributed by atoms with E-state index >= 15 is 0 Å². The van der Waals surface area contributed by atoms with Crippen LogP contribution in [0.1, 0.15) is 17.5 Å². The van der Waals surface area contributed by atoms with E-state index in [9.17, 15) is 4.79 Å². The zero-order valence-corrected chi connectivity index (χ0v) is 11.9. The van der Waals surface area contributed by atoms with Gasteiger partial charge >= 0.3 is 5.97 Å². The van der Waals surface area contributed by atoms with Gasteiger partial charge in [0, 0.05) is 19.6 Å². The summed E-state index contributed by atoms with van der Waals surface area (Å²) >= 11 is 0. The Labute approximate surface area is 123 Å². The largest absolute Gasteiger partial charge is 0.495 e. The number of nitrogens with zero attached hydrogens (tertiary/aromatic N) is 2. The van der Waals surface area contributed by atoms with Gasteiger partial charge in [0.05, 0.1) is 31.8 Å². The fraction of sp³-hybridized carbons (Fsp3) is 0.467. The molecule has 0 aliphatic carbocycles. The first-order valence-corrected chi connectivity index (χ1v) is 6.75. The molecular formula is C15H18N2O4. The molecule has 6 nitrogen and oxygen atoms in total. The SMILES string of the molecule is COc1ccc(CN2CCOC(CC(=O)O)C2)cc1C#N.